The second-order valence-corrected chi connectivity index (χ2v) is 6.39. The molecule has 1 aliphatic rings. The molecule has 0 aromatic heterocycles. The van der Waals surface area contributed by atoms with E-state index < -0.39 is 0 Å². The first-order valence-electron chi connectivity index (χ1n) is 6.98. The van der Waals surface area contributed by atoms with Crippen molar-refractivity contribution in [3.63, 3.8) is 0 Å². The number of halogens is 2. The molecule has 1 aromatic rings. The van der Waals surface area contributed by atoms with E-state index in [1.807, 2.05) is 12.1 Å². The largest absolute Gasteiger partial charge is 0.309 e. The molecule has 2 rings (SSSR count). The summed E-state index contributed by atoms with van der Waals surface area (Å²) in [6.45, 7) is 7.39. The van der Waals surface area contributed by atoms with Crippen molar-refractivity contribution in [2.75, 3.05) is 33.7 Å². The first-order valence-corrected chi connectivity index (χ1v) is 7.73. The number of fused-ring (bicyclic) bond motifs is 1. The van der Waals surface area contributed by atoms with E-state index in [4.69, 9.17) is 28.2 Å². The molecular formula is C15H22Cl2N3+. The summed E-state index contributed by atoms with van der Waals surface area (Å²) < 4.78 is 0.792. The smallest absolute Gasteiger partial charge is 0.205 e. The predicted octanol–water partition coefficient (Wildman–Crippen LogP) is 4.34. The van der Waals surface area contributed by atoms with E-state index >= 15 is 0 Å². The summed E-state index contributed by atoms with van der Waals surface area (Å²) in [6.07, 6.45) is 1.12. The molecule has 1 aromatic carbocycles. The zero-order valence-corrected chi connectivity index (χ0v) is 14.1. The molecule has 1 aliphatic heterocycles. The number of benzene rings is 1. The minimum atomic E-state index is 0.575. The number of rotatable bonds is 5. The Bertz CT molecular complexity index is 540. The van der Waals surface area contributed by atoms with Gasteiger partial charge in [0.1, 0.15) is 5.69 Å². The number of quaternary nitrogens is 1. The second-order valence-electron chi connectivity index (χ2n) is 5.58. The number of aliphatic imine (C=N–C) groups is 1. The topological polar surface area (TPSA) is 15.6 Å². The molecule has 1 atom stereocenters. The molecule has 0 spiro atoms. The summed E-state index contributed by atoms with van der Waals surface area (Å²) in [5.41, 5.74) is 2.14. The van der Waals surface area contributed by atoms with Crippen molar-refractivity contribution in [1.29, 1.82) is 0 Å². The highest BCUT2D eigenvalue weighted by molar-refractivity contribution is 6.42. The summed E-state index contributed by atoms with van der Waals surface area (Å²) in [6, 6.07) is 3.86. The summed E-state index contributed by atoms with van der Waals surface area (Å²) >= 11 is 12.3. The Balaban J connectivity index is 2.35. The van der Waals surface area contributed by atoms with Crippen LogP contribution in [0.4, 0.5) is 11.4 Å². The van der Waals surface area contributed by atoms with E-state index in [0.29, 0.717) is 10.0 Å². The number of nitrogens with zero attached hydrogens (tertiary/aromatic N) is 3. The van der Waals surface area contributed by atoms with Crippen molar-refractivity contribution in [1.82, 2.24) is 9.38 Å². The van der Waals surface area contributed by atoms with Crippen molar-refractivity contribution in [3.05, 3.63) is 22.2 Å². The van der Waals surface area contributed by atoms with Gasteiger partial charge in [-0.05, 0) is 27.1 Å². The third-order valence-corrected chi connectivity index (χ3v) is 4.79. The average molecular weight is 315 g/mol. The van der Waals surface area contributed by atoms with Crippen LogP contribution < -0.4 is 4.48 Å². The lowest BCUT2D eigenvalue weighted by molar-refractivity contribution is 0.354. The standard InChI is InChI=1S/C15H22Cl2N3/c1-5-20(8-6-7-19(3)4)11(2)18-14-9-12(16)13(17)10-15(14)20/h9-10H,5-8H2,1-4H3/q+1. The predicted molar refractivity (Wildman–Crippen MR) is 89.6 cm³/mol. The van der Waals surface area contributed by atoms with Gasteiger partial charge in [0.25, 0.3) is 0 Å². The molecule has 0 fully saturated rings. The summed E-state index contributed by atoms with van der Waals surface area (Å²) in [5.74, 6) is 1.12. The van der Waals surface area contributed by atoms with Crippen LogP contribution in [0, 0.1) is 0 Å². The molecule has 5 heteroatoms. The van der Waals surface area contributed by atoms with Crippen LogP contribution in [0.1, 0.15) is 20.3 Å². The van der Waals surface area contributed by atoms with E-state index in [1.165, 1.54) is 5.69 Å². The molecule has 1 heterocycles. The van der Waals surface area contributed by atoms with E-state index in [-0.39, 0.29) is 0 Å². The van der Waals surface area contributed by atoms with Gasteiger partial charge in [0, 0.05) is 26.0 Å². The van der Waals surface area contributed by atoms with Crippen molar-refractivity contribution in [2.24, 2.45) is 4.99 Å². The second kappa shape index (κ2) is 6.02. The Morgan fingerprint density at radius 1 is 1.20 bits per heavy atom. The van der Waals surface area contributed by atoms with E-state index in [1.54, 1.807) is 0 Å². The van der Waals surface area contributed by atoms with Crippen molar-refractivity contribution in [2.45, 2.75) is 20.3 Å². The number of hydrogen-bond acceptors (Lipinski definition) is 2. The van der Waals surface area contributed by atoms with Crippen LogP contribution >= 0.6 is 23.2 Å². The molecule has 0 amide bonds. The summed E-state index contributed by atoms with van der Waals surface area (Å²) in [5, 5.41) is 1.19. The highest BCUT2D eigenvalue weighted by atomic mass is 35.5. The summed E-state index contributed by atoms with van der Waals surface area (Å²) in [4.78, 5) is 6.92. The third-order valence-electron chi connectivity index (χ3n) is 4.07. The van der Waals surface area contributed by atoms with Gasteiger partial charge in [-0.15, -0.1) is 0 Å². The average Bonchev–Trinajstić information content (AvgIpc) is 2.63. The summed E-state index contributed by atoms with van der Waals surface area (Å²) in [7, 11) is 4.21. The minimum Gasteiger partial charge on any atom is -0.309 e. The van der Waals surface area contributed by atoms with Gasteiger partial charge in [-0.3, -0.25) is 0 Å². The van der Waals surface area contributed by atoms with Crippen LogP contribution in [0.3, 0.4) is 0 Å². The Labute approximate surface area is 131 Å². The van der Waals surface area contributed by atoms with Gasteiger partial charge < -0.3 is 4.90 Å². The van der Waals surface area contributed by atoms with Gasteiger partial charge in [-0.1, -0.05) is 23.2 Å². The monoisotopic (exact) mass is 314 g/mol. The maximum Gasteiger partial charge on any atom is 0.205 e. The van der Waals surface area contributed by atoms with Gasteiger partial charge in [0.2, 0.25) is 5.84 Å². The molecule has 0 aliphatic carbocycles. The lowest BCUT2D eigenvalue weighted by Gasteiger charge is -2.33. The van der Waals surface area contributed by atoms with Crippen LogP contribution in [0.15, 0.2) is 17.1 Å². The maximum atomic E-state index is 6.21. The molecule has 0 bridgehead atoms. The molecule has 1 unspecified atom stereocenters. The minimum absolute atomic E-state index is 0.575. The zero-order chi connectivity index (χ0) is 14.9. The highest BCUT2D eigenvalue weighted by Crippen LogP contribution is 2.44. The van der Waals surface area contributed by atoms with Crippen LogP contribution in [0.25, 0.3) is 0 Å². The van der Waals surface area contributed by atoms with Crippen LogP contribution in [0.2, 0.25) is 10.0 Å². The number of hydrogen-bond donors (Lipinski definition) is 0. The fourth-order valence-electron chi connectivity index (χ4n) is 2.90. The van der Waals surface area contributed by atoms with Gasteiger partial charge in [-0.25, -0.2) is 4.48 Å². The first-order chi connectivity index (χ1) is 9.40. The van der Waals surface area contributed by atoms with Crippen molar-refractivity contribution in [3.8, 4) is 0 Å². The molecular weight excluding hydrogens is 293 g/mol. The molecule has 0 N–H and O–H groups in total. The van der Waals surface area contributed by atoms with E-state index in [0.717, 1.165) is 42.1 Å². The Morgan fingerprint density at radius 3 is 2.45 bits per heavy atom. The van der Waals surface area contributed by atoms with Gasteiger partial charge in [0.05, 0.1) is 23.1 Å². The quantitative estimate of drug-likeness (QED) is 0.738. The fraction of sp³-hybridized carbons (Fsp3) is 0.533. The first kappa shape index (κ1) is 15.8. The van der Waals surface area contributed by atoms with Crippen LogP contribution in [0.5, 0.6) is 0 Å². The molecule has 0 saturated carbocycles. The lowest BCUT2D eigenvalue weighted by atomic mass is 10.2. The Kier molecular flexibility index (Phi) is 4.75. The Hall–Kier alpha value is -0.610. The molecule has 110 valence electrons. The fourth-order valence-corrected chi connectivity index (χ4v) is 3.21. The maximum absolute atomic E-state index is 6.21. The molecule has 3 nitrogen and oxygen atoms in total. The van der Waals surface area contributed by atoms with E-state index in [2.05, 4.69) is 32.8 Å². The third kappa shape index (κ3) is 2.73. The Morgan fingerprint density at radius 2 is 1.85 bits per heavy atom. The molecule has 20 heavy (non-hydrogen) atoms. The zero-order valence-electron chi connectivity index (χ0n) is 12.6. The highest BCUT2D eigenvalue weighted by Gasteiger charge is 2.40. The lowest BCUT2D eigenvalue weighted by Crippen LogP contribution is -2.52. The SMILES string of the molecule is CC[N+]1(CCCN(C)C)C(C)=Nc2cc(Cl)c(Cl)cc21. The normalized spacial score (nSPS) is 21.2. The molecule has 0 saturated heterocycles. The van der Waals surface area contributed by atoms with Gasteiger partial charge in [-0.2, -0.15) is 4.99 Å². The van der Waals surface area contributed by atoms with Gasteiger partial charge >= 0.3 is 0 Å². The van der Waals surface area contributed by atoms with Crippen molar-refractivity contribution >= 4 is 40.4 Å². The van der Waals surface area contributed by atoms with Crippen LogP contribution in [-0.2, 0) is 0 Å². The van der Waals surface area contributed by atoms with Gasteiger partial charge in [0.15, 0.2) is 5.69 Å². The van der Waals surface area contributed by atoms with Crippen molar-refractivity contribution < 1.29 is 0 Å². The molecule has 0 radical (unpaired) electrons. The number of amidine groups is 1. The van der Waals surface area contributed by atoms with Crippen LogP contribution in [-0.4, -0.2) is 44.5 Å². The van der Waals surface area contributed by atoms with E-state index in [9.17, 15) is 0 Å².